The lowest BCUT2D eigenvalue weighted by Gasteiger charge is -2.25. The molecule has 2 nitrogen and oxygen atoms in total. The number of allylic oxidation sites excluding steroid dienone is 3. The Labute approximate surface area is 85.6 Å². The molecule has 3 unspecified atom stereocenters. The molecule has 2 aliphatic rings. The molecule has 0 saturated carbocycles. The molecule has 0 radical (unpaired) electrons. The number of nitrogens with one attached hydrogen (secondary N) is 1. The van der Waals surface area contributed by atoms with Crippen molar-refractivity contribution in [1.29, 1.82) is 0 Å². The molecule has 0 saturated heterocycles. The number of rotatable bonds is 2. The Balaban J connectivity index is 2.13. The maximum atomic E-state index is 5.83. The highest BCUT2D eigenvalue weighted by atomic mass is 15.0. The smallest absolute Gasteiger partial charge is 0.0572 e. The number of hydrogen-bond acceptors (Lipinski definition) is 2. The molecule has 2 rings (SSSR count). The summed E-state index contributed by atoms with van der Waals surface area (Å²) in [7, 11) is 0. The van der Waals surface area contributed by atoms with Crippen LogP contribution in [0.5, 0.6) is 0 Å². The van der Waals surface area contributed by atoms with Gasteiger partial charge in [0.05, 0.1) is 6.04 Å². The second-order valence-corrected chi connectivity index (χ2v) is 4.36. The van der Waals surface area contributed by atoms with Gasteiger partial charge in [0.1, 0.15) is 0 Å². The van der Waals surface area contributed by atoms with Crippen molar-refractivity contribution in [3.05, 3.63) is 35.6 Å². The lowest BCUT2D eigenvalue weighted by molar-refractivity contribution is 0.562. The molecule has 0 aromatic heterocycles. The summed E-state index contributed by atoms with van der Waals surface area (Å²) in [6, 6.07) is 0.710. The summed E-state index contributed by atoms with van der Waals surface area (Å²) in [6.07, 6.45) is 9.87. The van der Waals surface area contributed by atoms with Gasteiger partial charge >= 0.3 is 0 Å². The first kappa shape index (κ1) is 9.53. The monoisotopic (exact) mass is 190 g/mol. The van der Waals surface area contributed by atoms with Gasteiger partial charge in [0, 0.05) is 17.7 Å². The van der Waals surface area contributed by atoms with E-state index in [0.717, 1.165) is 6.42 Å². The fraction of sp³-hybridized carbons (Fsp3) is 0.500. The zero-order chi connectivity index (χ0) is 10.1. The standard InChI is InChI=1S/C12H18N2/c1-8(13)6-10-4-3-5-11-7-9(2)14-12(10)11/h3-5,7-8,11-12,14H,6,13H2,1-2H3. The Morgan fingerprint density at radius 2 is 2.36 bits per heavy atom. The average Bonchev–Trinajstić information content (AvgIpc) is 2.45. The van der Waals surface area contributed by atoms with E-state index in [2.05, 4.69) is 43.5 Å². The van der Waals surface area contributed by atoms with Crippen molar-refractivity contribution in [2.24, 2.45) is 11.7 Å². The summed E-state index contributed by atoms with van der Waals surface area (Å²) >= 11 is 0. The Kier molecular flexibility index (Phi) is 2.46. The third kappa shape index (κ3) is 1.75. The third-order valence-electron chi connectivity index (χ3n) is 2.81. The minimum absolute atomic E-state index is 0.246. The molecule has 0 bridgehead atoms. The average molecular weight is 190 g/mol. The van der Waals surface area contributed by atoms with E-state index < -0.39 is 0 Å². The molecule has 14 heavy (non-hydrogen) atoms. The maximum absolute atomic E-state index is 5.83. The molecule has 0 spiro atoms. The van der Waals surface area contributed by atoms with Gasteiger partial charge in [-0.25, -0.2) is 0 Å². The van der Waals surface area contributed by atoms with Crippen molar-refractivity contribution in [3.8, 4) is 0 Å². The lowest BCUT2D eigenvalue weighted by atomic mass is 9.87. The summed E-state index contributed by atoms with van der Waals surface area (Å²) in [5, 5.41) is 3.50. The van der Waals surface area contributed by atoms with Crippen molar-refractivity contribution < 1.29 is 0 Å². The minimum atomic E-state index is 0.246. The first-order valence-corrected chi connectivity index (χ1v) is 5.24. The van der Waals surface area contributed by atoms with E-state index in [4.69, 9.17) is 5.73 Å². The van der Waals surface area contributed by atoms with E-state index in [-0.39, 0.29) is 6.04 Å². The van der Waals surface area contributed by atoms with Crippen LogP contribution in [0.3, 0.4) is 0 Å². The Bertz CT molecular complexity index is 310. The summed E-state index contributed by atoms with van der Waals surface area (Å²) in [6.45, 7) is 4.18. The van der Waals surface area contributed by atoms with Crippen LogP contribution >= 0.6 is 0 Å². The van der Waals surface area contributed by atoms with Crippen LogP contribution in [0.25, 0.3) is 0 Å². The molecule has 3 atom stereocenters. The summed E-state index contributed by atoms with van der Waals surface area (Å²) in [4.78, 5) is 0. The second kappa shape index (κ2) is 3.62. The molecule has 76 valence electrons. The Hall–Kier alpha value is -1.02. The third-order valence-corrected chi connectivity index (χ3v) is 2.81. The van der Waals surface area contributed by atoms with Crippen LogP contribution in [0.1, 0.15) is 20.3 Å². The van der Waals surface area contributed by atoms with Gasteiger partial charge in [0.25, 0.3) is 0 Å². The van der Waals surface area contributed by atoms with Crippen LogP contribution in [0.4, 0.5) is 0 Å². The first-order valence-electron chi connectivity index (χ1n) is 5.24. The molecule has 1 heterocycles. The summed E-state index contributed by atoms with van der Waals surface area (Å²) in [5.74, 6) is 0.536. The second-order valence-electron chi connectivity index (χ2n) is 4.36. The number of nitrogens with two attached hydrogens (primary N) is 1. The normalized spacial score (nSPS) is 31.6. The molecular formula is C12H18N2. The molecule has 3 N–H and O–H groups in total. The van der Waals surface area contributed by atoms with E-state index in [1.54, 1.807) is 0 Å². The van der Waals surface area contributed by atoms with Crippen molar-refractivity contribution in [1.82, 2.24) is 5.32 Å². The van der Waals surface area contributed by atoms with Gasteiger partial charge in [0.15, 0.2) is 0 Å². The molecule has 1 aliphatic heterocycles. The molecular weight excluding hydrogens is 172 g/mol. The van der Waals surface area contributed by atoms with E-state index in [1.807, 2.05) is 0 Å². The van der Waals surface area contributed by atoms with Gasteiger partial charge in [-0.1, -0.05) is 24.3 Å². The highest BCUT2D eigenvalue weighted by molar-refractivity contribution is 5.34. The van der Waals surface area contributed by atoms with Crippen LogP contribution in [-0.4, -0.2) is 12.1 Å². The quantitative estimate of drug-likeness (QED) is 0.695. The number of hydrogen-bond donors (Lipinski definition) is 2. The van der Waals surface area contributed by atoms with Gasteiger partial charge < -0.3 is 11.1 Å². The largest absolute Gasteiger partial charge is 0.381 e. The molecule has 0 fully saturated rings. The minimum Gasteiger partial charge on any atom is -0.381 e. The van der Waals surface area contributed by atoms with Gasteiger partial charge in [0.2, 0.25) is 0 Å². The van der Waals surface area contributed by atoms with Crippen molar-refractivity contribution in [3.63, 3.8) is 0 Å². The fourth-order valence-electron chi connectivity index (χ4n) is 2.26. The SMILES string of the molecule is CC1=CC2C=CC=C(CC(C)N)C2N1. The topological polar surface area (TPSA) is 38.0 Å². The first-order chi connectivity index (χ1) is 6.66. The van der Waals surface area contributed by atoms with E-state index >= 15 is 0 Å². The lowest BCUT2D eigenvalue weighted by Crippen LogP contribution is -2.33. The molecule has 2 heteroatoms. The van der Waals surface area contributed by atoms with E-state index in [1.165, 1.54) is 11.3 Å². The van der Waals surface area contributed by atoms with Gasteiger partial charge in [-0.15, -0.1) is 0 Å². The predicted octanol–water partition coefficient (Wildman–Crippen LogP) is 1.71. The molecule has 0 aromatic carbocycles. The van der Waals surface area contributed by atoms with Gasteiger partial charge in [-0.05, 0) is 25.8 Å². The van der Waals surface area contributed by atoms with Crippen LogP contribution in [0, 0.1) is 5.92 Å². The predicted molar refractivity (Wildman–Crippen MR) is 59.7 cm³/mol. The fourth-order valence-corrected chi connectivity index (χ4v) is 2.26. The highest BCUT2D eigenvalue weighted by Crippen LogP contribution is 2.29. The van der Waals surface area contributed by atoms with Crippen LogP contribution < -0.4 is 11.1 Å². The summed E-state index contributed by atoms with van der Waals surface area (Å²) in [5.41, 5.74) is 8.54. The molecule has 0 aromatic rings. The molecule has 0 amide bonds. The van der Waals surface area contributed by atoms with E-state index in [9.17, 15) is 0 Å². The number of fused-ring (bicyclic) bond motifs is 1. The maximum Gasteiger partial charge on any atom is 0.0572 e. The van der Waals surface area contributed by atoms with Gasteiger partial charge in [-0.2, -0.15) is 0 Å². The van der Waals surface area contributed by atoms with Crippen LogP contribution in [-0.2, 0) is 0 Å². The van der Waals surface area contributed by atoms with Gasteiger partial charge in [-0.3, -0.25) is 0 Å². The van der Waals surface area contributed by atoms with Crippen LogP contribution in [0.2, 0.25) is 0 Å². The highest BCUT2D eigenvalue weighted by Gasteiger charge is 2.28. The summed E-state index contributed by atoms with van der Waals surface area (Å²) < 4.78 is 0. The zero-order valence-electron chi connectivity index (χ0n) is 8.83. The zero-order valence-corrected chi connectivity index (χ0v) is 8.83. The van der Waals surface area contributed by atoms with Crippen molar-refractivity contribution in [2.45, 2.75) is 32.4 Å². The van der Waals surface area contributed by atoms with E-state index in [0.29, 0.717) is 12.0 Å². The van der Waals surface area contributed by atoms with Crippen LogP contribution in [0.15, 0.2) is 35.6 Å². The van der Waals surface area contributed by atoms with Crippen molar-refractivity contribution >= 4 is 0 Å². The van der Waals surface area contributed by atoms with Crippen molar-refractivity contribution in [2.75, 3.05) is 0 Å². The Morgan fingerprint density at radius 3 is 3.07 bits per heavy atom. The molecule has 1 aliphatic carbocycles. The Morgan fingerprint density at radius 1 is 1.57 bits per heavy atom.